The molecule has 25 heavy (non-hydrogen) atoms. The van der Waals surface area contributed by atoms with Gasteiger partial charge in [0.25, 0.3) is 0 Å². The smallest absolute Gasteiger partial charge is 0.407 e. The number of H-pyrrole nitrogens is 1. The molecule has 0 saturated carbocycles. The molecule has 0 radical (unpaired) electrons. The number of aromatic nitrogens is 1. The van der Waals surface area contributed by atoms with Crippen molar-refractivity contribution in [3.05, 3.63) is 34.4 Å². The number of amides is 1. The van der Waals surface area contributed by atoms with Crippen LogP contribution in [0.5, 0.6) is 0 Å². The van der Waals surface area contributed by atoms with E-state index < -0.39 is 29.6 Å². The highest BCUT2D eigenvalue weighted by atomic mass is 79.9. The third-order valence-corrected chi connectivity index (χ3v) is 4.20. The quantitative estimate of drug-likeness (QED) is 0.743. The van der Waals surface area contributed by atoms with Crippen molar-refractivity contribution in [3.8, 4) is 0 Å². The highest BCUT2D eigenvalue weighted by Gasteiger charge is 2.32. The van der Waals surface area contributed by atoms with Crippen LogP contribution in [-0.4, -0.2) is 35.8 Å². The first-order valence-corrected chi connectivity index (χ1v) is 8.75. The summed E-state index contributed by atoms with van der Waals surface area (Å²) in [6.07, 6.45) is 1.20. The Labute approximate surface area is 155 Å². The molecule has 2 unspecified atom stereocenters. The largest absolute Gasteiger partial charge is 0.468 e. The van der Waals surface area contributed by atoms with Gasteiger partial charge in [-0.05, 0) is 45.4 Å². The summed E-state index contributed by atoms with van der Waals surface area (Å²) in [7, 11) is 1.33. The average Bonchev–Trinajstić information content (AvgIpc) is 2.87. The first kappa shape index (κ1) is 19.3. The van der Waals surface area contributed by atoms with Crippen LogP contribution in [0.25, 0.3) is 10.9 Å². The molecule has 2 rings (SSSR count). The molecule has 6 nitrogen and oxygen atoms in total. The summed E-state index contributed by atoms with van der Waals surface area (Å²) in [4.78, 5) is 27.6. The SMILES string of the molecule is COC(=O)C(c1c[nH]c2cc(Br)ccc12)C(C)NC(=O)OC(C)(C)C. The molecule has 2 aromatic rings. The summed E-state index contributed by atoms with van der Waals surface area (Å²) in [6.45, 7) is 7.11. The number of methoxy groups -OCH3 is 1. The average molecular weight is 411 g/mol. The van der Waals surface area contributed by atoms with Crippen LogP contribution in [0.4, 0.5) is 4.79 Å². The van der Waals surface area contributed by atoms with Crippen molar-refractivity contribution in [2.45, 2.75) is 45.3 Å². The van der Waals surface area contributed by atoms with Gasteiger partial charge >= 0.3 is 12.1 Å². The van der Waals surface area contributed by atoms with E-state index in [-0.39, 0.29) is 0 Å². The molecule has 0 aliphatic heterocycles. The third-order valence-electron chi connectivity index (χ3n) is 3.71. The molecule has 0 spiro atoms. The number of aromatic amines is 1. The molecule has 2 N–H and O–H groups in total. The van der Waals surface area contributed by atoms with E-state index >= 15 is 0 Å². The zero-order valence-electron chi connectivity index (χ0n) is 15.0. The number of nitrogens with one attached hydrogen (secondary N) is 2. The van der Waals surface area contributed by atoms with Crippen LogP contribution in [0.3, 0.4) is 0 Å². The van der Waals surface area contributed by atoms with E-state index in [1.54, 1.807) is 33.9 Å². The Morgan fingerprint density at radius 1 is 1.28 bits per heavy atom. The molecule has 0 aliphatic carbocycles. The zero-order valence-corrected chi connectivity index (χ0v) is 16.6. The topological polar surface area (TPSA) is 80.4 Å². The summed E-state index contributed by atoms with van der Waals surface area (Å²) in [5.74, 6) is -1.08. The van der Waals surface area contributed by atoms with Crippen molar-refractivity contribution >= 4 is 38.9 Å². The molecule has 136 valence electrons. The fourth-order valence-electron chi connectivity index (χ4n) is 2.68. The number of hydrogen-bond acceptors (Lipinski definition) is 4. The Morgan fingerprint density at radius 3 is 2.56 bits per heavy atom. The number of carbonyl (C=O) groups is 2. The second kappa shape index (κ2) is 7.47. The fraction of sp³-hybridized carbons (Fsp3) is 0.444. The number of esters is 1. The van der Waals surface area contributed by atoms with Gasteiger partial charge in [-0.3, -0.25) is 4.79 Å². The summed E-state index contributed by atoms with van der Waals surface area (Å²) < 4.78 is 11.2. The molecule has 0 saturated heterocycles. The van der Waals surface area contributed by atoms with E-state index in [9.17, 15) is 9.59 Å². The maximum Gasteiger partial charge on any atom is 0.407 e. The second-order valence-corrected chi connectivity index (χ2v) is 7.79. The molecule has 2 atom stereocenters. The van der Waals surface area contributed by atoms with Crippen LogP contribution in [0.15, 0.2) is 28.9 Å². The third kappa shape index (κ3) is 4.75. The molecule has 7 heteroatoms. The predicted molar refractivity (Wildman–Crippen MR) is 99.6 cm³/mol. The second-order valence-electron chi connectivity index (χ2n) is 6.87. The number of halogens is 1. The highest BCUT2D eigenvalue weighted by molar-refractivity contribution is 9.10. The van der Waals surface area contributed by atoms with Crippen LogP contribution in [0.2, 0.25) is 0 Å². The van der Waals surface area contributed by atoms with E-state index in [4.69, 9.17) is 9.47 Å². The molecular formula is C18H23BrN2O4. The van der Waals surface area contributed by atoms with Gasteiger partial charge < -0.3 is 19.8 Å². The fourth-order valence-corrected chi connectivity index (χ4v) is 3.04. The van der Waals surface area contributed by atoms with E-state index in [1.165, 1.54) is 7.11 Å². The van der Waals surface area contributed by atoms with Gasteiger partial charge in [-0.2, -0.15) is 0 Å². The van der Waals surface area contributed by atoms with Gasteiger partial charge in [0.15, 0.2) is 0 Å². The molecule has 0 aliphatic rings. The monoisotopic (exact) mass is 410 g/mol. The Morgan fingerprint density at radius 2 is 1.96 bits per heavy atom. The van der Waals surface area contributed by atoms with Crippen molar-refractivity contribution in [2.24, 2.45) is 0 Å². The van der Waals surface area contributed by atoms with Crippen molar-refractivity contribution in [1.82, 2.24) is 10.3 Å². The van der Waals surface area contributed by atoms with E-state index in [0.717, 1.165) is 20.9 Å². The molecule has 1 aromatic heterocycles. The lowest BCUT2D eigenvalue weighted by atomic mass is 9.92. The number of carbonyl (C=O) groups excluding carboxylic acids is 2. The normalized spacial score (nSPS) is 14.0. The van der Waals surface area contributed by atoms with Crippen LogP contribution >= 0.6 is 15.9 Å². The molecular weight excluding hydrogens is 388 g/mol. The standard InChI is InChI=1S/C18H23BrN2O4/c1-10(21-17(23)25-18(2,3)4)15(16(22)24-5)13-9-20-14-8-11(19)6-7-12(13)14/h6-10,15,20H,1-5H3,(H,21,23). The molecule has 1 amide bonds. The summed E-state index contributed by atoms with van der Waals surface area (Å²) in [6, 6.07) is 5.24. The van der Waals surface area contributed by atoms with Gasteiger partial charge in [0.1, 0.15) is 11.5 Å². The van der Waals surface area contributed by atoms with Crippen LogP contribution in [0.1, 0.15) is 39.2 Å². The van der Waals surface area contributed by atoms with Gasteiger partial charge in [-0.25, -0.2) is 4.79 Å². The maximum atomic E-state index is 12.4. The van der Waals surface area contributed by atoms with Crippen molar-refractivity contribution < 1.29 is 19.1 Å². The molecule has 0 fully saturated rings. The van der Waals surface area contributed by atoms with Crippen LogP contribution < -0.4 is 5.32 Å². The first-order chi connectivity index (χ1) is 11.6. The lowest BCUT2D eigenvalue weighted by Crippen LogP contribution is -2.42. The predicted octanol–water partition coefficient (Wildman–Crippen LogP) is 4.10. The number of hydrogen-bond donors (Lipinski definition) is 2. The van der Waals surface area contributed by atoms with Gasteiger partial charge in [0.05, 0.1) is 7.11 Å². The van der Waals surface area contributed by atoms with Crippen LogP contribution in [-0.2, 0) is 14.3 Å². The zero-order chi connectivity index (χ0) is 18.8. The summed E-state index contributed by atoms with van der Waals surface area (Å²) in [5.41, 5.74) is 1.04. The van der Waals surface area contributed by atoms with Crippen molar-refractivity contribution in [1.29, 1.82) is 0 Å². The Bertz CT molecular complexity index is 779. The van der Waals surface area contributed by atoms with Crippen molar-refractivity contribution in [3.63, 3.8) is 0 Å². The lowest BCUT2D eigenvalue weighted by molar-refractivity contribution is -0.143. The van der Waals surface area contributed by atoms with E-state index in [2.05, 4.69) is 26.2 Å². The number of fused-ring (bicyclic) bond motifs is 1. The Balaban J connectivity index is 2.32. The van der Waals surface area contributed by atoms with E-state index in [0.29, 0.717) is 0 Å². The Kier molecular flexibility index (Phi) is 5.77. The maximum absolute atomic E-state index is 12.4. The van der Waals surface area contributed by atoms with Gasteiger partial charge in [-0.15, -0.1) is 0 Å². The minimum absolute atomic E-state index is 0.424. The minimum Gasteiger partial charge on any atom is -0.468 e. The van der Waals surface area contributed by atoms with Crippen LogP contribution in [0, 0.1) is 0 Å². The minimum atomic E-state index is -0.660. The number of rotatable bonds is 4. The number of ether oxygens (including phenoxy) is 2. The van der Waals surface area contributed by atoms with Gasteiger partial charge in [-0.1, -0.05) is 22.0 Å². The Hall–Kier alpha value is -2.02. The first-order valence-electron chi connectivity index (χ1n) is 7.96. The lowest BCUT2D eigenvalue weighted by Gasteiger charge is -2.25. The number of benzene rings is 1. The number of alkyl carbamates (subject to hydrolysis) is 1. The molecule has 1 heterocycles. The van der Waals surface area contributed by atoms with Gasteiger partial charge in [0, 0.05) is 27.6 Å². The van der Waals surface area contributed by atoms with E-state index in [1.807, 2.05) is 18.2 Å². The highest BCUT2D eigenvalue weighted by Crippen LogP contribution is 2.30. The summed E-state index contributed by atoms with van der Waals surface area (Å²) >= 11 is 3.43. The summed E-state index contributed by atoms with van der Waals surface area (Å²) in [5, 5.41) is 3.63. The molecule has 0 bridgehead atoms. The molecule has 1 aromatic carbocycles. The van der Waals surface area contributed by atoms with Crippen molar-refractivity contribution in [2.75, 3.05) is 7.11 Å². The van der Waals surface area contributed by atoms with Gasteiger partial charge in [0.2, 0.25) is 0 Å².